The molecule has 0 radical (unpaired) electrons. The molecule has 0 aromatic carbocycles. The van der Waals surface area contributed by atoms with Crippen LogP contribution in [0, 0.1) is 11.8 Å². The number of hydrogen-bond acceptors (Lipinski definition) is 6. The third-order valence-electron chi connectivity index (χ3n) is 4.70. The molecule has 8 heteroatoms. The average Bonchev–Trinajstić information content (AvgIpc) is 2.76. The van der Waals surface area contributed by atoms with Crippen LogP contribution in [-0.2, 0) is 27.2 Å². The summed E-state index contributed by atoms with van der Waals surface area (Å²) in [6.07, 6.45) is 11.1. The lowest BCUT2D eigenvalue weighted by molar-refractivity contribution is 0.191. The highest BCUT2D eigenvalue weighted by Gasteiger charge is 2.20. The maximum Gasteiger partial charge on any atom is 0.353 e. The fraction of sp³-hybridized carbons (Fsp3) is 0.833. The van der Waals surface area contributed by atoms with Gasteiger partial charge in [-0.1, -0.05) is 92.2 Å². The van der Waals surface area contributed by atoms with Gasteiger partial charge in [-0.05, 0) is 24.7 Å². The quantitative estimate of drug-likeness (QED) is 0.104. The van der Waals surface area contributed by atoms with Crippen LogP contribution < -0.4 is 0 Å². The van der Waals surface area contributed by atoms with E-state index in [0.29, 0.717) is 38.3 Å². The van der Waals surface area contributed by atoms with Crippen molar-refractivity contribution in [1.82, 2.24) is 0 Å². The molecule has 0 aliphatic carbocycles. The molecule has 2 atom stereocenters. The SMILES string of the molecule is C=CP(=O)(OCCCCCCCCCCCCOP(=O)(C=C)OCC(C)C)OCC(C)C. The second kappa shape index (κ2) is 19.1. The van der Waals surface area contributed by atoms with Gasteiger partial charge in [0.25, 0.3) is 0 Å². The topological polar surface area (TPSA) is 71.1 Å². The van der Waals surface area contributed by atoms with E-state index in [1.807, 2.05) is 27.7 Å². The summed E-state index contributed by atoms with van der Waals surface area (Å²) >= 11 is 0. The Morgan fingerprint density at radius 3 is 1.09 bits per heavy atom. The molecule has 0 aliphatic rings. The molecule has 0 rings (SSSR count). The highest BCUT2D eigenvalue weighted by molar-refractivity contribution is 7.57. The smallest absolute Gasteiger partial charge is 0.306 e. The Labute approximate surface area is 197 Å². The van der Waals surface area contributed by atoms with Crippen molar-refractivity contribution in [2.24, 2.45) is 11.8 Å². The molecule has 0 saturated heterocycles. The van der Waals surface area contributed by atoms with Crippen LogP contribution >= 0.6 is 15.2 Å². The van der Waals surface area contributed by atoms with Gasteiger partial charge < -0.3 is 18.1 Å². The zero-order chi connectivity index (χ0) is 24.3. The Morgan fingerprint density at radius 2 is 0.844 bits per heavy atom. The van der Waals surface area contributed by atoms with E-state index in [4.69, 9.17) is 18.1 Å². The van der Waals surface area contributed by atoms with Crippen LogP contribution in [0.2, 0.25) is 0 Å². The summed E-state index contributed by atoms with van der Waals surface area (Å²) in [6, 6.07) is 0. The van der Waals surface area contributed by atoms with Crippen LogP contribution in [0.1, 0.15) is 91.9 Å². The summed E-state index contributed by atoms with van der Waals surface area (Å²) in [5.41, 5.74) is 0. The first kappa shape index (κ1) is 31.8. The van der Waals surface area contributed by atoms with E-state index in [9.17, 15) is 9.13 Å². The second-order valence-electron chi connectivity index (χ2n) is 9.03. The zero-order valence-corrected chi connectivity index (χ0v) is 22.8. The van der Waals surface area contributed by atoms with E-state index in [1.165, 1.54) is 37.3 Å². The fourth-order valence-electron chi connectivity index (χ4n) is 2.79. The number of hydrogen-bond donors (Lipinski definition) is 0. The number of rotatable bonds is 23. The molecule has 0 aromatic heterocycles. The Hall–Kier alpha value is -0.220. The largest absolute Gasteiger partial charge is 0.353 e. The molecule has 0 fully saturated rings. The van der Waals surface area contributed by atoms with Crippen LogP contribution in [-0.4, -0.2) is 26.4 Å². The monoisotopic (exact) mass is 494 g/mol. The third-order valence-corrected chi connectivity index (χ3v) is 7.70. The maximum absolute atomic E-state index is 12.3. The van der Waals surface area contributed by atoms with Gasteiger partial charge in [-0.25, -0.2) is 0 Å². The van der Waals surface area contributed by atoms with Crippen LogP contribution in [0.15, 0.2) is 24.8 Å². The molecule has 0 bridgehead atoms. The van der Waals surface area contributed by atoms with E-state index in [2.05, 4.69) is 13.2 Å². The first-order valence-corrected chi connectivity index (χ1v) is 15.4. The lowest BCUT2D eigenvalue weighted by atomic mass is 10.1. The minimum atomic E-state index is -3.13. The van der Waals surface area contributed by atoms with E-state index in [-0.39, 0.29) is 0 Å². The van der Waals surface area contributed by atoms with E-state index >= 15 is 0 Å². The highest BCUT2D eigenvalue weighted by Crippen LogP contribution is 2.50. The van der Waals surface area contributed by atoms with Gasteiger partial charge in [-0.2, -0.15) is 0 Å². The Bertz CT molecular complexity index is 527. The van der Waals surface area contributed by atoms with E-state index in [1.54, 1.807) is 0 Å². The molecule has 0 saturated carbocycles. The van der Waals surface area contributed by atoms with Crippen molar-refractivity contribution in [3.05, 3.63) is 24.8 Å². The third kappa shape index (κ3) is 18.2. The summed E-state index contributed by atoms with van der Waals surface area (Å²) < 4.78 is 46.3. The lowest BCUT2D eigenvalue weighted by Crippen LogP contribution is -2.02. The van der Waals surface area contributed by atoms with Crippen molar-refractivity contribution >= 4 is 15.2 Å². The van der Waals surface area contributed by atoms with Gasteiger partial charge >= 0.3 is 15.2 Å². The summed E-state index contributed by atoms with van der Waals surface area (Å²) in [7, 11) is -6.26. The van der Waals surface area contributed by atoms with Gasteiger partial charge in [-0.3, -0.25) is 9.13 Å². The van der Waals surface area contributed by atoms with Gasteiger partial charge in [0.1, 0.15) is 0 Å². The second-order valence-corrected chi connectivity index (χ2v) is 12.9. The Morgan fingerprint density at radius 1 is 0.562 bits per heavy atom. The Kier molecular flexibility index (Phi) is 19.0. The molecule has 0 spiro atoms. The maximum atomic E-state index is 12.3. The van der Waals surface area contributed by atoms with Crippen molar-refractivity contribution < 1.29 is 27.2 Å². The fourth-order valence-corrected chi connectivity index (χ4v) is 5.14. The van der Waals surface area contributed by atoms with Crippen molar-refractivity contribution in [2.75, 3.05) is 26.4 Å². The summed E-state index contributed by atoms with van der Waals surface area (Å²) in [4.78, 5) is 0. The molecule has 32 heavy (non-hydrogen) atoms. The van der Waals surface area contributed by atoms with Gasteiger partial charge in [0.15, 0.2) is 0 Å². The minimum Gasteiger partial charge on any atom is -0.306 e. The molecular formula is C24H48O6P2. The molecule has 0 amide bonds. The zero-order valence-electron chi connectivity index (χ0n) is 21.0. The van der Waals surface area contributed by atoms with Crippen molar-refractivity contribution in [2.45, 2.75) is 91.9 Å². The molecule has 0 aliphatic heterocycles. The van der Waals surface area contributed by atoms with Crippen LogP contribution in [0.5, 0.6) is 0 Å². The molecule has 2 unspecified atom stereocenters. The lowest BCUT2D eigenvalue weighted by Gasteiger charge is -2.16. The summed E-state index contributed by atoms with van der Waals surface area (Å²) in [6.45, 7) is 16.9. The standard InChI is InChI=1S/C24H48O6P2/c1-7-31(25,29-21-23(3)4)27-19-17-15-13-11-9-10-12-14-16-18-20-28-32(26,8-2)30-22-24(5)6/h7-8,23-24H,1-2,9-22H2,3-6H3. The molecule has 0 heterocycles. The average molecular weight is 495 g/mol. The van der Waals surface area contributed by atoms with Gasteiger partial charge in [0.05, 0.1) is 26.4 Å². The molecule has 0 aromatic rings. The predicted molar refractivity (Wildman–Crippen MR) is 135 cm³/mol. The predicted octanol–water partition coefficient (Wildman–Crippen LogP) is 8.94. The van der Waals surface area contributed by atoms with Gasteiger partial charge in [0, 0.05) is 11.6 Å². The minimum absolute atomic E-state index is 0.310. The molecular weight excluding hydrogens is 446 g/mol. The van der Waals surface area contributed by atoms with Gasteiger partial charge in [-0.15, -0.1) is 0 Å². The number of unbranched alkanes of at least 4 members (excludes halogenated alkanes) is 9. The molecule has 0 N–H and O–H groups in total. The van der Waals surface area contributed by atoms with Crippen molar-refractivity contribution in [3.8, 4) is 0 Å². The summed E-state index contributed by atoms with van der Waals surface area (Å²) in [5, 5.41) is 0. The molecule has 190 valence electrons. The first-order valence-electron chi connectivity index (χ1n) is 12.2. The normalized spacial score (nSPS) is 15.6. The van der Waals surface area contributed by atoms with Crippen molar-refractivity contribution in [3.63, 3.8) is 0 Å². The first-order chi connectivity index (χ1) is 15.2. The van der Waals surface area contributed by atoms with Gasteiger partial charge in [0.2, 0.25) is 0 Å². The van der Waals surface area contributed by atoms with Crippen LogP contribution in [0.3, 0.4) is 0 Å². The summed E-state index contributed by atoms with van der Waals surface area (Å²) in [5.74, 6) is 3.23. The van der Waals surface area contributed by atoms with Crippen molar-refractivity contribution in [1.29, 1.82) is 0 Å². The highest BCUT2D eigenvalue weighted by atomic mass is 31.2. The van der Waals surface area contributed by atoms with E-state index < -0.39 is 15.2 Å². The molecule has 6 nitrogen and oxygen atoms in total. The Balaban J connectivity index is 3.56. The van der Waals surface area contributed by atoms with Crippen LogP contribution in [0.25, 0.3) is 0 Å². The van der Waals surface area contributed by atoms with Crippen LogP contribution in [0.4, 0.5) is 0 Å². The van der Waals surface area contributed by atoms with E-state index in [0.717, 1.165) is 38.5 Å².